The highest BCUT2D eigenvalue weighted by atomic mass is 28.3. The molecule has 5 nitrogen and oxygen atoms in total. The summed E-state index contributed by atoms with van der Waals surface area (Å²) in [6.07, 6.45) is 7.62. The largest absolute Gasteiger partial charge is 0.382 e. The van der Waals surface area contributed by atoms with Crippen LogP contribution in [0.3, 0.4) is 0 Å². The summed E-state index contributed by atoms with van der Waals surface area (Å²) in [5.74, 6) is 0. The van der Waals surface area contributed by atoms with E-state index in [1.807, 2.05) is 10.8 Å². The van der Waals surface area contributed by atoms with E-state index >= 15 is 0 Å². The summed E-state index contributed by atoms with van der Waals surface area (Å²) in [6.45, 7) is 10.1. The van der Waals surface area contributed by atoms with E-state index in [2.05, 4.69) is 42.1 Å². The molecule has 1 unspecified atom stereocenters. The molecule has 0 radical (unpaired) electrons. The smallest absolute Gasteiger partial charge is 0.144 e. The van der Waals surface area contributed by atoms with Gasteiger partial charge in [-0.15, -0.1) is 0 Å². The van der Waals surface area contributed by atoms with E-state index in [-0.39, 0.29) is 0 Å². The number of ether oxygens (including phenoxy) is 1. The van der Waals surface area contributed by atoms with Gasteiger partial charge in [-0.3, -0.25) is 0 Å². The van der Waals surface area contributed by atoms with Gasteiger partial charge < -0.3 is 19.7 Å². The summed E-state index contributed by atoms with van der Waals surface area (Å²) < 4.78 is 7.86. The molecule has 0 aromatic carbocycles. The van der Waals surface area contributed by atoms with Crippen LogP contribution in [0.4, 0.5) is 5.69 Å². The van der Waals surface area contributed by atoms with Gasteiger partial charge in [0.15, 0.2) is 0 Å². The molecule has 0 bridgehead atoms. The number of aliphatic hydroxyl groups excluding tert-OH is 1. The van der Waals surface area contributed by atoms with Gasteiger partial charge in [-0.1, -0.05) is 38.9 Å². The Morgan fingerprint density at radius 1 is 1.30 bits per heavy atom. The normalized spacial score (nSPS) is 17.4. The van der Waals surface area contributed by atoms with Crippen molar-refractivity contribution < 1.29 is 9.84 Å². The molecule has 2 heterocycles. The molecule has 2 aromatic rings. The molecule has 1 fully saturated rings. The molecule has 0 aliphatic heterocycles. The average Bonchev–Trinajstić information content (AvgIpc) is 2.98. The maximum atomic E-state index is 10.3. The number of aromatic nitrogens is 2. The van der Waals surface area contributed by atoms with Crippen molar-refractivity contribution in [1.29, 1.82) is 0 Å². The number of aliphatic hydroxyl groups is 1. The van der Waals surface area contributed by atoms with E-state index < -0.39 is 14.3 Å². The highest BCUT2D eigenvalue weighted by Crippen LogP contribution is 2.30. The van der Waals surface area contributed by atoms with Crippen molar-refractivity contribution in [2.75, 3.05) is 11.9 Å². The van der Waals surface area contributed by atoms with Crippen molar-refractivity contribution >= 4 is 24.8 Å². The molecular weight excluding hydrogens is 354 g/mol. The lowest BCUT2D eigenvalue weighted by Gasteiger charge is -2.24. The fourth-order valence-electron chi connectivity index (χ4n) is 3.84. The molecule has 1 saturated carbocycles. The molecule has 0 amide bonds. The minimum atomic E-state index is -1.10. The van der Waals surface area contributed by atoms with E-state index in [4.69, 9.17) is 4.74 Å². The van der Waals surface area contributed by atoms with Crippen LogP contribution in [0.25, 0.3) is 11.0 Å². The highest BCUT2D eigenvalue weighted by molar-refractivity contribution is 6.76. The van der Waals surface area contributed by atoms with Gasteiger partial charge in [0.25, 0.3) is 0 Å². The Morgan fingerprint density at radius 3 is 2.70 bits per heavy atom. The predicted molar refractivity (Wildman–Crippen MR) is 115 cm³/mol. The van der Waals surface area contributed by atoms with Crippen LogP contribution in [0.1, 0.15) is 50.9 Å². The van der Waals surface area contributed by atoms with Gasteiger partial charge in [0.05, 0.1) is 6.61 Å². The lowest BCUT2D eigenvalue weighted by atomic mass is 9.95. The summed E-state index contributed by atoms with van der Waals surface area (Å²) in [6, 6.07) is 5.87. The zero-order valence-electron chi connectivity index (χ0n) is 17.3. The van der Waals surface area contributed by atoms with Crippen molar-refractivity contribution in [3.8, 4) is 0 Å². The molecular formula is C21H35N3O2Si. The fraction of sp³-hybridized carbons (Fsp3) is 0.667. The molecule has 2 N–H and O–H groups in total. The second-order valence-corrected chi connectivity index (χ2v) is 14.7. The minimum Gasteiger partial charge on any atom is -0.382 e. The van der Waals surface area contributed by atoms with Gasteiger partial charge in [0.1, 0.15) is 11.9 Å². The average molecular weight is 390 g/mol. The van der Waals surface area contributed by atoms with Crippen molar-refractivity contribution in [2.45, 2.75) is 83.6 Å². The molecule has 0 spiro atoms. The van der Waals surface area contributed by atoms with Crippen molar-refractivity contribution in [3.63, 3.8) is 0 Å². The first kappa shape index (κ1) is 20.4. The monoisotopic (exact) mass is 389 g/mol. The first-order valence-corrected chi connectivity index (χ1v) is 14.1. The predicted octanol–water partition coefficient (Wildman–Crippen LogP) is 5.15. The molecule has 3 rings (SSSR count). The Hall–Kier alpha value is -1.37. The third-order valence-corrected chi connectivity index (χ3v) is 7.11. The minimum absolute atomic E-state index is 0.509. The third kappa shape index (κ3) is 5.33. The van der Waals surface area contributed by atoms with Crippen LogP contribution in [-0.4, -0.2) is 35.4 Å². The standard InChI is InChI=1S/C21H35N3O2Si/c1-16(25)24-18(15-26-12-13-27(2,3)4)14-19-20(10-11-22-21(19)24)23-17-8-6-5-7-9-17/h10-11,14,16-17,25H,5-9,12-13,15H2,1-4H3,(H,22,23). The van der Waals surface area contributed by atoms with Gasteiger partial charge in [0, 0.05) is 43.7 Å². The second-order valence-electron chi connectivity index (χ2n) is 9.08. The van der Waals surface area contributed by atoms with Gasteiger partial charge in [-0.2, -0.15) is 0 Å². The van der Waals surface area contributed by atoms with Crippen LogP contribution >= 0.6 is 0 Å². The summed E-state index contributed by atoms with van der Waals surface area (Å²) in [7, 11) is -1.10. The molecule has 1 aliphatic carbocycles. The van der Waals surface area contributed by atoms with Gasteiger partial charge in [-0.25, -0.2) is 4.98 Å². The lowest BCUT2D eigenvalue weighted by molar-refractivity contribution is 0.0977. The second kappa shape index (κ2) is 8.75. The number of nitrogens with zero attached hydrogens (tertiary/aromatic N) is 2. The van der Waals surface area contributed by atoms with Gasteiger partial charge in [-0.05, 0) is 37.9 Å². The van der Waals surface area contributed by atoms with Gasteiger partial charge >= 0.3 is 0 Å². The number of hydrogen-bond donors (Lipinski definition) is 2. The zero-order valence-corrected chi connectivity index (χ0v) is 18.3. The van der Waals surface area contributed by atoms with Crippen LogP contribution in [0.15, 0.2) is 18.3 Å². The topological polar surface area (TPSA) is 59.3 Å². The van der Waals surface area contributed by atoms with Crippen LogP contribution in [-0.2, 0) is 11.3 Å². The summed E-state index contributed by atoms with van der Waals surface area (Å²) in [5.41, 5.74) is 2.94. The highest BCUT2D eigenvalue weighted by Gasteiger charge is 2.19. The molecule has 6 heteroatoms. The first-order valence-electron chi connectivity index (χ1n) is 10.4. The summed E-state index contributed by atoms with van der Waals surface area (Å²) >= 11 is 0. The van der Waals surface area contributed by atoms with Crippen molar-refractivity contribution in [3.05, 3.63) is 24.0 Å². The number of fused-ring (bicyclic) bond motifs is 1. The number of pyridine rings is 1. The maximum Gasteiger partial charge on any atom is 0.144 e. The van der Waals surface area contributed by atoms with Crippen molar-refractivity contribution in [1.82, 2.24) is 9.55 Å². The molecule has 1 atom stereocenters. The van der Waals surface area contributed by atoms with Crippen LogP contribution in [0, 0.1) is 0 Å². The first-order chi connectivity index (χ1) is 12.8. The Kier molecular flexibility index (Phi) is 6.60. The fourth-order valence-corrected chi connectivity index (χ4v) is 4.60. The quantitative estimate of drug-likeness (QED) is 0.484. The number of anilines is 1. The molecule has 27 heavy (non-hydrogen) atoms. The Morgan fingerprint density at radius 2 is 2.04 bits per heavy atom. The lowest BCUT2D eigenvalue weighted by Crippen LogP contribution is -2.22. The number of nitrogens with one attached hydrogen (secondary N) is 1. The van der Waals surface area contributed by atoms with E-state index in [9.17, 15) is 5.11 Å². The molecule has 2 aromatic heterocycles. The summed E-state index contributed by atoms with van der Waals surface area (Å²) in [5, 5.41) is 15.1. The van der Waals surface area contributed by atoms with Crippen LogP contribution in [0.2, 0.25) is 25.7 Å². The third-order valence-electron chi connectivity index (χ3n) is 5.40. The molecule has 1 aliphatic rings. The summed E-state index contributed by atoms with van der Waals surface area (Å²) in [4.78, 5) is 4.56. The zero-order chi connectivity index (χ0) is 19.4. The SMILES string of the molecule is CC(O)n1c(COCC[Si](C)(C)C)cc2c(NC3CCCCC3)ccnc21. The Bertz CT molecular complexity index is 746. The van der Waals surface area contributed by atoms with E-state index in [0.29, 0.717) is 12.6 Å². The maximum absolute atomic E-state index is 10.3. The van der Waals surface area contributed by atoms with Crippen molar-refractivity contribution in [2.24, 2.45) is 0 Å². The number of hydrogen-bond acceptors (Lipinski definition) is 4. The Balaban J connectivity index is 1.80. The molecule has 150 valence electrons. The van der Waals surface area contributed by atoms with Crippen LogP contribution in [0.5, 0.6) is 0 Å². The molecule has 0 saturated heterocycles. The number of rotatable bonds is 8. The van der Waals surface area contributed by atoms with Gasteiger partial charge in [0.2, 0.25) is 0 Å². The Labute approximate surface area is 164 Å². The van der Waals surface area contributed by atoms with E-state index in [1.165, 1.54) is 32.1 Å². The van der Waals surface area contributed by atoms with Crippen LogP contribution < -0.4 is 5.32 Å². The van der Waals surface area contributed by atoms with E-state index in [0.717, 1.165) is 35.1 Å². The van der Waals surface area contributed by atoms with E-state index in [1.54, 1.807) is 6.92 Å².